The van der Waals surface area contributed by atoms with Gasteiger partial charge in [0.15, 0.2) is 5.82 Å². The van der Waals surface area contributed by atoms with Gasteiger partial charge in [0.25, 0.3) is 5.69 Å². The zero-order valence-electron chi connectivity index (χ0n) is 12.8. The van der Waals surface area contributed by atoms with Crippen LogP contribution in [0.3, 0.4) is 0 Å². The third-order valence-electron chi connectivity index (χ3n) is 3.40. The van der Waals surface area contributed by atoms with Gasteiger partial charge in [-0.3, -0.25) is 10.1 Å². The van der Waals surface area contributed by atoms with Gasteiger partial charge in [0.05, 0.1) is 10.6 Å². The Morgan fingerprint density at radius 3 is 2.61 bits per heavy atom. The number of hydrogen-bond donors (Lipinski definition) is 2. The van der Waals surface area contributed by atoms with Crippen LogP contribution in [0.2, 0.25) is 0 Å². The summed E-state index contributed by atoms with van der Waals surface area (Å²) < 4.78 is 0. The van der Waals surface area contributed by atoms with Crippen molar-refractivity contribution < 1.29 is 4.92 Å². The second kappa shape index (κ2) is 7.17. The van der Waals surface area contributed by atoms with Gasteiger partial charge in [0.2, 0.25) is 0 Å². The molecule has 0 atom stereocenters. The molecular formula is C15H16N6O2. The zero-order valence-corrected chi connectivity index (χ0v) is 12.8. The average Bonchev–Trinajstić information content (AvgIpc) is 2.55. The molecule has 0 aliphatic heterocycles. The van der Waals surface area contributed by atoms with Crippen LogP contribution < -0.4 is 10.6 Å². The first kappa shape index (κ1) is 16.2. The number of aromatic nitrogens is 2. The highest BCUT2D eigenvalue weighted by molar-refractivity contribution is 5.61. The Balaban J connectivity index is 1.98. The molecule has 2 N–H and O–H groups in total. The van der Waals surface area contributed by atoms with E-state index < -0.39 is 4.92 Å². The summed E-state index contributed by atoms with van der Waals surface area (Å²) in [6.07, 6.45) is 0. The van der Waals surface area contributed by atoms with Crippen molar-refractivity contribution in [3.05, 3.63) is 51.2 Å². The van der Waals surface area contributed by atoms with Crippen LogP contribution >= 0.6 is 0 Å². The van der Waals surface area contributed by atoms with E-state index in [1.54, 1.807) is 25.1 Å². The van der Waals surface area contributed by atoms with Crippen LogP contribution in [-0.4, -0.2) is 28.2 Å². The SMILES string of the molecule is Cc1nnc(NCCNc2ccccc2[N+](=O)[O-])c(C#N)c1C. The Labute approximate surface area is 133 Å². The largest absolute Gasteiger partial charge is 0.378 e. The summed E-state index contributed by atoms with van der Waals surface area (Å²) in [7, 11) is 0. The number of hydrogen-bond acceptors (Lipinski definition) is 7. The van der Waals surface area contributed by atoms with Crippen LogP contribution in [0, 0.1) is 35.3 Å². The highest BCUT2D eigenvalue weighted by Gasteiger charge is 2.12. The standard InChI is InChI=1S/C15H16N6O2/c1-10-11(2)19-20-15(12(10)9-16)18-8-7-17-13-5-3-4-6-14(13)21(22)23/h3-6,17H,7-8H2,1-2H3,(H,18,20). The summed E-state index contributed by atoms with van der Waals surface area (Å²) in [5.41, 5.74) is 2.44. The molecule has 8 nitrogen and oxygen atoms in total. The molecule has 2 rings (SSSR count). The lowest BCUT2D eigenvalue weighted by Gasteiger charge is -2.10. The number of nitro benzene ring substituents is 1. The number of rotatable bonds is 6. The minimum atomic E-state index is -0.432. The lowest BCUT2D eigenvalue weighted by Crippen LogP contribution is -2.16. The van der Waals surface area contributed by atoms with Crippen LogP contribution in [0.5, 0.6) is 0 Å². The number of anilines is 2. The third-order valence-corrected chi connectivity index (χ3v) is 3.40. The lowest BCUT2D eigenvalue weighted by atomic mass is 10.1. The minimum Gasteiger partial charge on any atom is -0.378 e. The molecule has 0 fully saturated rings. The van der Waals surface area contributed by atoms with E-state index in [0.29, 0.717) is 35.9 Å². The summed E-state index contributed by atoms with van der Waals surface area (Å²) in [4.78, 5) is 10.5. The molecule has 0 unspecified atom stereocenters. The van der Waals surface area contributed by atoms with Crippen molar-refractivity contribution in [1.82, 2.24) is 10.2 Å². The van der Waals surface area contributed by atoms with Crippen LogP contribution in [0.25, 0.3) is 0 Å². The normalized spacial score (nSPS) is 9.96. The molecule has 1 aromatic carbocycles. The number of nitro groups is 1. The first-order valence-electron chi connectivity index (χ1n) is 6.99. The minimum absolute atomic E-state index is 0.0242. The van der Waals surface area contributed by atoms with Crippen LogP contribution in [-0.2, 0) is 0 Å². The number of nitriles is 1. The first-order valence-corrected chi connectivity index (χ1v) is 6.99. The average molecular weight is 312 g/mol. The van der Waals surface area contributed by atoms with E-state index in [9.17, 15) is 15.4 Å². The van der Waals surface area contributed by atoms with Gasteiger partial charge < -0.3 is 10.6 Å². The van der Waals surface area contributed by atoms with Gasteiger partial charge >= 0.3 is 0 Å². The van der Waals surface area contributed by atoms with Gasteiger partial charge in [-0.2, -0.15) is 10.4 Å². The Kier molecular flexibility index (Phi) is 5.04. The second-order valence-electron chi connectivity index (χ2n) is 4.87. The highest BCUT2D eigenvalue weighted by Crippen LogP contribution is 2.22. The summed E-state index contributed by atoms with van der Waals surface area (Å²) in [6, 6.07) is 8.55. The topological polar surface area (TPSA) is 117 Å². The van der Waals surface area contributed by atoms with Gasteiger partial charge in [0.1, 0.15) is 17.3 Å². The fourth-order valence-electron chi connectivity index (χ4n) is 2.03. The van der Waals surface area contributed by atoms with E-state index >= 15 is 0 Å². The van der Waals surface area contributed by atoms with Crippen molar-refractivity contribution in [2.24, 2.45) is 0 Å². The maximum absolute atomic E-state index is 10.9. The maximum atomic E-state index is 10.9. The van der Waals surface area contributed by atoms with Crippen LogP contribution in [0.15, 0.2) is 24.3 Å². The molecule has 0 radical (unpaired) electrons. The van der Waals surface area contributed by atoms with E-state index in [-0.39, 0.29) is 5.69 Å². The van der Waals surface area contributed by atoms with Crippen molar-refractivity contribution in [2.75, 3.05) is 23.7 Å². The Hall–Kier alpha value is -3.21. The van der Waals surface area contributed by atoms with E-state index in [4.69, 9.17) is 0 Å². The molecule has 0 aliphatic carbocycles. The summed E-state index contributed by atoms with van der Waals surface area (Å²) in [6.45, 7) is 4.49. The van der Waals surface area contributed by atoms with Crippen LogP contribution in [0.4, 0.5) is 17.2 Å². The van der Waals surface area contributed by atoms with Crippen LogP contribution in [0.1, 0.15) is 16.8 Å². The molecule has 0 bridgehead atoms. The summed E-state index contributed by atoms with van der Waals surface area (Å²) >= 11 is 0. The second-order valence-corrected chi connectivity index (χ2v) is 4.87. The van der Waals surface area contributed by atoms with Gasteiger partial charge in [-0.15, -0.1) is 5.10 Å². The Morgan fingerprint density at radius 1 is 1.22 bits per heavy atom. The summed E-state index contributed by atoms with van der Waals surface area (Å²) in [5.74, 6) is 0.417. The molecule has 23 heavy (non-hydrogen) atoms. The Morgan fingerprint density at radius 2 is 1.91 bits per heavy atom. The highest BCUT2D eigenvalue weighted by atomic mass is 16.6. The molecular weight excluding hydrogens is 296 g/mol. The molecule has 0 saturated carbocycles. The molecule has 118 valence electrons. The van der Waals surface area contributed by atoms with E-state index in [1.807, 2.05) is 6.92 Å². The fourth-order valence-corrected chi connectivity index (χ4v) is 2.03. The predicted molar refractivity (Wildman–Crippen MR) is 86.3 cm³/mol. The molecule has 0 saturated heterocycles. The van der Waals surface area contributed by atoms with E-state index in [0.717, 1.165) is 5.56 Å². The van der Waals surface area contributed by atoms with Gasteiger partial charge in [-0.1, -0.05) is 12.1 Å². The zero-order chi connectivity index (χ0) is 16.8. The van der Waals surface area contributed by atoms with E-state index in [2.05, 4.69) is 26.9 Å². The molecule has 0 amide bonds. The quantitative estimate of drug-likeness (QED) is 0.478. The molecule has 2 aromatic rings. The van der Waals surface area contributed by atoms with Gasteiger partial charge in [-0.05, 0) is 25.5 Å². The fraction of sp³-hybridized carbons (Fsp3) is 0.267. The van der Waals surface area contributed by atoms with Crippen molar-refractivity contribution in [3.8, 4) is 6.07 Å². The maximum Gasteiger partial charge on any atom is 0.292 e. The van der Waals surface area contributed by atoms with Gasteiger partial charge in [0, 0.05) is 19.2 Å². The number of nitrogens with one attached hydrogen (secondary N) is 2. The number of nitrogens with zero attached hydrogens (tertiary/aromatic N) is 4. The molecule has 1 heterocycles. The third kappa shape index (κ3) is 3.71. The molecule has 0 aliphatic rings. The van der Waals surface area contributed by atoms with Crippen molar-refractivity contribution >= 4 is 17.2 Å². The van der Waals surface area contributed by atoms with Crippen molar-refractivity contribution in [2.45, 2.75) is 13.8 Å². The monoisotopic (exact) mass is 312 g/mol. The number of para-hydroxylation sites is 2. The number of aryl methyl sites for hydroxylation is 1. The smallest absolute Gasteiger partial charge is 0.292 e. The molecule has 0 spiro atoms. The molecule has 1 aromatic heterocycles. The van der Waals surface area contributed by atoms with E-state index in [1.165, 1.54) is 6.07 Å². The lowest BCUT2D eigenvalue weighted by molar-refractivity contribution is -0.384. The Bertz CT molecular complexity index is 769. The van der Waals surface area contributed by atoms with Crippen molar-refractivity contribution in [1.29, 1.82) is 5.26 Å². The van der Waals surface area contributed by atoms with Crippen molar-refractivity contribution in [3.63, 3.8) is 0 Å². The number of benzene rings is 1. The predicted octanol–water partition coefficient (Wildman–Crippen LogP) is 2.40. The van der Waals surface area contributed by atoms with Gasteiger partial charge in [-0.25, -0.2) is 0 Å². The molecule has 8 heteroatoms. The summed E-state index contributed by atoms with van der Waals surface area (Å²) in [5, 5.41) is 34.1. The first-order chi connectivity index (χ1) is 11.0.